The third kappa shape index (κ3) is 6.44. The number of ether oxygens (including phenoxy) is 1. The third-order valence-corrected chi connectivity index (χ3v) is 3.24. The normalized spacial score (nSPS) is 12.9. The number of hydrogen-bond acceptors (Lipinski definition) is 2. The Labute approximate surface area is 120 Å². The third-order valence-electron chi connectivity index (χ3n) is 3.24. The maximum atomic E-state index is 13.7. The second kappa shape index (κ2) is 9.03. The smallest absolute Gasteiger partial charge is 0.126 e. The van der Waals surface area contributed by atoms with Crippen LogP contribution in [-0.2, 0) is 11.2 Å². The van der Waals surface area contributed by atoms with Crippen LogP contribution in [0.25, 0.3) is 0 Å². The van der Waals surface area contributed by atoms with Crippen LogP contribution in [-0.4, -0.2) is 26.8 Å². The molecule has 0 aliphatic heterocycles. The van der Waals surface area contributed by atoms with Crippen LogP contribution in [0, 0.1) is 23.5 Å². The highest BCUT2D eigenvalue weighted by molar-refractivity contribution is 5.19. The van der Waals surface area contributed by atoms with E-state index in [1.54, 1.807) is 7.11 Å². The molecular formula is C16H25F2NO. The first-order chi connectivity index (χ1) is 9.52. The average molecular weight is 285 g/mol. The fraction of sp³-hybridized carbons (Fsp3) is 0.625. The van der Waals surface area contributed by atoms with Gasteiger partial charge in [-0.15, -0.1) is 0 Å². The maximum Gasteiger partial charge on any atom is 0.126 e. The van der Waals surface area contributed by atoms with E-state index in [4.69, 9.17) is 4.74 Å². The summed E-state index contributed by atoms with van der Waals surface area (Å²) >= 11 is 0. The predicted octanol–water partition coefficient (Wildman–Crippen LogP) is 3.41. The van der Waals surface area contributed by atoms with Gasteiger partial charge in [-0.1, -0.05) is 13.8 Å². The van der Waals surface area contributed by atoms with E-state index in [1.165, 1.54) is 12.1 Å². The van der Waals surface area contributed by atoms with Gasteiger partial charge in [0.2, 0.25) is 0 Å². The van der Waals surface area contributed by atoms with Gasteiger partial charge < -0.3 is 10.1 Å². The zero-order chi connectivity index (χ0) is 15.0. The summed E-state index contributed by atoms with van der Waals surface area (Å²) < 4.78 is 31.9. The van der Waals surface area contributed by atoms with Crippen molar-refractivity contribution in [2.24, 2.45) is 11.8 Å². The number of nitrogens with one attached hydrogen (secondary N) is 1. The highest BCUT2D eigenvalue weighted by atomic mass is 19.1. The number of benzene rings is 1. The van der Waals surface area contributed by atoms with Gasteiger partial charge in [0, 0.05) is 13.7 Å². The summed E-state index contributed by atoms with van der Waals surface area (Å²) in [6.07, 6.45) is 1.54. The van der Waals surface area contributed by atoms with Crippen LogP contribution in [0.4, 0.5) is 8.78 Å². The van der Waals surface area contributed by atoms with E-state index >= 15 is 0 Å². The van der Waals surface area contributed by atoms with Crippen LogP contribution in [0.5, 0.6) is 0 Å². The summed E-state index contributed by atoms with van der Waals surface area (Å²) in [5, 5.41) is 3.30. The van der Waals surface area contributed by atoms with Crippen molar-refractivity contribution in [1.82, 2.24) is 5.32 Å². The minimum Gasteiger partial charge on any atom is -0.383 e. The van der Waals surface area contributed by atoms with E-state index in [-0.39, 0.29) is 11.6 Å². The van der Waals surface area contributed by atoms with Gasteiger partial charge in [-0.05, 0) is 55.0 Å². The molecule has 0 amide bonds. The number of methoxy groups -OCH3 is 1. The Morgan fingerprint density at radius 2 is 2.00 bits per heavy atom. The van der Waals surface area contributed by atoms with Gasteiger partial charge in [0.15, 0.2) is 0 Å². The average Bonchev–Trinajstić information content (AvgIpc) is 2.38. The molecule has 2 nitrogen and oxygen atoms in total. The molecule has 0 spiro atoms. The molecule has 1 unspecified atom stereocenters. The van der Waals surface area contributed by atoms with Crippen molar-refractivity contribution < 1.29 is 13.5 Å². The molecule has 20 heavy (non-hydrogen) atoms. The summed E-state index contributed by atoms with van der Waals surface area (Å²) in [4.78, 5) is 0. The standard InChI is InChI=1S/C16H25F2NO/c1-12(2)8-13(11-19-6-7-20-3)9-14-10-15(17)4-5-16(14)18/h4-5,10,12-13,19H,6-9,11H2,1-3H3. The van der Waals surface area contributed by atoms with E-state index in [9.17, 15) is 8.78 Å². The molecule has 1 N–H and O–H groups in total. The second-order valence-corrected chi connectivity index (χ2v) is 5.63. The Bertz CT molecular complexity index is 396. The van der Waals surface area contributed by atoms with Crippen LogP contribution < -0.4 is 5.32 Å². The topological polar surface area (TPSA) is 21.3 Å². The van der Waals surface area contributed by atoms with Crippen molar-refractivity contribution in [3.63, 3.8) is 0 Å². The zero-order valence-corrected chi connectivity index (χ0v) is 12.6. The molecular weight excluding hydrogens is 260 g/mol. The van der Waals surface area contributed by atoms with Gasteiger partial charge in [-0.3, -0.25) is 0 Å². The monoisotopic (exact) mass is 285 g/mol. The maximum absolute atomic E-state index is 13.7. The predicted molar refractivity (Wildman–Crippen MR) is 77.8 cm³/mol. The Balaban J connectivity index is 2.60. The van der Waals surface area contributed by atoms with Gasteiger partial charge in [0.05, 0.1) is 6.61 Å². The van der Waals surface area contributed by atoms with Gasteiger partial charge in [-0.2, -0.15) is 0 Å². The van der Waals surface area contributed by atoms with Crippen molar-refractivity contribution >= 4 is 0 Å². The molecule has 0 heterocycles. The van der Waals surface area contributed by atoms with E-state index in [2.05, 4.69) is 19.2 Å². The lowest BCUT2D eigenvalue weighted by Crippen LogP contribution is -2.28. The first kappa shape index (κ1) is 17.1. The van der Waals surface area contributed by atoms with Gasteiger partial charge in [0.25, 0.3) is 0 Å². The molecule has 0 radical (unpaired) electrons. The summed E-state index contributed by atoms with van der Waals surface area (Å²) in [6.45, 7) is 6.51. The fourth-order valence-corrected chi connectivity index (χ4v) is 2.40. The first-order valence-electron chi connectivity index (χ1n) is 7.16. The Morgan fingerprint density at radius 1 is 1.25 bits per heavy atom. The van der Waals surface area contributed by atoms with Gasteiger partial charge in [-0.25, -0.2) is 8.78 Å². The molecule has 0 saturated carbocycles. The highest BCUT2D eigenvalue weighted by Crippen LogP contribution is 2.19. The number of hydrogen-bond donors (Lipinski definition) is 1. The summed E-state index contributed by atoms with van der Waals surface area (Å²) in [6, 6.07) is 3.67. The number of rotatable bonds is 9. The lowest BCUT2D eigenvalue weighted by atomic mass is 9.90. The van der Waals surface area contributed by atoms with Crippen molar-refractivity contribution in [3.05, 3.63) is 35.4 Å². The molecule has 0 bridgehead atoms. The Hall–Kier alpha value is -1.00. The van der Waals surface area contributed by atoms with Crippen molar-refractivity contribution in [2.75, 3.05) is 26.8 Å². The quantitative estimate of drug-likeness (QED) is 0.702. The molecule has 114 valence electrons. The summed E-state index contributed by atoms with van der Waals surface area (Å²) in [5.74, 6) is 0.123. The molecule has 1 atom stereocenters. The molecule has 0 aromatic heterocycles. The van der Waals surface area contributed by atoms with E-state index in [1.807, 2.05) is 0 Å². The highest BCUT2D eigenvalue weighted by Gasteiger charge is 2.14. The molecule has 4 heteroatoms. The van der Waals surface area contributed by atoms with Crippen molar-refractivity contribution in [3.8, 4) is 0 Å². The fourth-order valence-electron chi connectivity index (χ4n) is 2.40. The lowest BCUT2D eigenvalue weighted by Gasteiger charge is -2.20. The van der Waals surface area contributed by atoms with E-state index < -0.39 is 0 Å². The second-order valence-electron chi connectivity index (χ2n) is 5.63. The minimum absolute atomic E-state index is 0.295. The lowest BCUT2D eigenvalue weighted by molar-refractivity contribution is 0.197. The van der Waals surface area contributed by atoms with Crippen molar-refractivity contribution in [2.45, 2.75) is 26.7 Å². The summed E-state index contributed by atoms with van der Waals surface area (Å²) in [5.41, 5.74) is 0.462. The molecule has 0 aliphatic rings. The van der Waals surface area contributed by atoms with Crippen molar-refractivity contribution in [1.29, 1.82) is 0 Å². The Morgan fingerprint density at radius 3 is 2.65 bits per heavy atom. The van der Waals surface area contributed by atoms with Crippen LogP contribution in [0.1, 0.15) is 25.8 Å². The van der Waals surface area contributed by atoms with Crippen LogP contribution in [0.15, 0.2) is 18.2 Å². The minimum atomic E-state index is -0.378. The summed E-state index contributed by atoms with van der Waals surface area (Å²) in [7, 11) is 1.66. The number of halogens is 2. The van der Waals surface area contributed by atoms with Crippen LogP contribution in [0.2, 0.25) is 0 Å². The molecule has 1 aromatic rings. The molecule has 0 saturated heterocycles. The first-order valence-corrected chi connectivity index (χ1v) is 7.16. The van der Waals surface area contributed by atoms with E-state index in [0.29, 0.717) is 30.4 Å². The molecule has 0 aliphatic carbocycles. The van der Waals surface area contributed by atoms with Gasteiger partial charge >= 0.3 is 0 Å². The molecule has 1 aromatic carbocycles. The largest absolute Gasteiger partial charge is 0.383 e. The van der Waals surface area contributed by atoms with Gasteiger partial charge in [0.1, 0.15) is 11.6 Å². The van der Waals surface area contributed by atoms with E-state index in [0.717, 1.165) is 25.6 Å². The SMILES string of the molecule is COCCNCC(Cc1cc(F)ccc1F)CC(C)C. The van der Waals surface area contributed by atoms with Crippen LogP contribution >= 0.6 is 0 Å². The molecule has 0 fully saturated rings. The molecule has 1 rings (SSSR count). The zero-order valence-electron chi connectivity index (χ0n) is 12.6. The van der Waals surface area contributed by atoms with Crippen LogP contribution in [0.3, 0.4) is 0 Å². The Kier molecular flexibility index (Phi) is 7.70.